The zero-order chi connectivity index (χ0) is 15.1. The number of carbonyl (C=O) groups is 2. The van der Waals surface area contributed by atoms with E-state index in [1.165, 1.54) is 20.3 Å². The second-order valence-electron chi connectivity index (χ2n) is 4.59. The van der Waals surface area contributed by atoms with Crippen LogP contribution in [-0.2, 0) is 0 Å². The zero-order valence-corrected chi connectivity index (χ0v) is 11.5. The van der Waals surface area contributed by atoms with Crippen LogP contribution in [0.15, 0.2) is 30.3 Å². The lowest BCUT2D eigenvalue weighted by Crippen LogP contribution is -2.21. The monoisotopic (exact) mass is 284 g/mol. The fourth-order valence-corrected chi connectivity index (χ4v) is 2.54. The van der Waals surface area contributed by atoms with E-state index in [0.717, 1.165) is 0 Å². The fraction of sp³-hybridized carbons (Fsp3) is 0.125. The van der Waals surface area contributed by atoms with Crippen molar-refractivity contribution in [1.82, 2.24) is 0 Å². The Morgan fingerprint density at radius 2 is 1.52 bits per heavy atom. The van der Waals surface area contributed by atoms with E-state index in [1.807, 2.05) is 0 Å². The topological polar surface area (TPSA) is 72.8 Å². The van der Waals surface area contributed by atoms with Crippen LogP contribution in [0.4, 0.5) is 0 Å². The van der Waals surface area contributed by atoms with Gasteiger partial charge in [0.25, 0.3) is 0 Å². The van der Waals surface area contributed by atoms with Crippen LogP contribution in [0.25, 0.3) is 0 Å². The Morgan fingerprint density at radius 1 is 0.905 bits per heavy atom. The minimum absolute atomic E-state index is 0.0387. The number of ether oxygens (including phenoxy) is 2. The molecule has 0 aromatic heterocycles. The van der Waals surface area contributed by atoms with Crippen molar-refractivity contribution in [3.8, 4) is 17.2 Å². The Labute approximate surface area is 120 Å². The molecule has 0 saturated carbocycles. The summed E-state index contributed by atoms with van der Waals surface area (Å²) in [6.07, 6.45) is 0. The molecule has 5 nitrogen and oxygen atoms in total. The molecule has 0 amide bonds. The number of ketones is 2. The Morgan fingerprint density at radius 3 is 2.10 bits per heavy atom. The highest BCUT2D eigenvalue weighted by molar-refractivity contribution is 6.29. The lowest BCUT2D eigenvalue weighted by molar-refractivity contribution is 0.0975. The van der Waals surface area contributed by atoms with Gasteiger partial charge in [-0.3, -0.25) is 9.59 Å². The van der Waals surface area contributed by atoms with Crippen LogP contribution in [0.2, 0.25) is 0 Å². The number of hydrogen-bond donors (Lipinski definition) is 1. The molecule has 0 aliphatic heterocycles. The largest absolute Gasteiger partial charge is 0.504 e. The zero-order valence-electron chi connectivity index (χ0n) is 11.5. The summed E-state index contributed by atoms with van der Waals surface area (Å²) >= 11 is 0. The number of carbonyl (C=O) groups excluding carboxylic acids is 2. The van der Waals surface area contributed by atoms with Crippen molar-refractivity contribution in [2.75, 3.05) is 14.2 Å². The highest BCUT2D eigenvalue weighted by Crippen LogP contribution is 2.44. The van der Waals surface area contributed by atoms with Gasteiger partial charge in [-0.2, -0.15) is 0 Å². The van der Waals surface area contributed by atoms with Crippen LogP contribution < -0.4 is 9.47 Å². The molecule has 0 atom stereocenters. The van der Waals surface area contributed by atoms with E-state index in [-0.39, 0.29) is 39.7 Å². The van der Waals surface area contributed by atoms with Crippen molar-refractivity contribution in [3.63, 3.8) is 0 Å². The molecule has 21 heavy (non-hydrogen) atoms. The number of hydrogen-bond acceptors (Lipinski definition) is 5. The Kier molecular flexibility index (Phi) is 2.90. The van der Waals surface area contributed by atoms with Gasteiger partial charge in [0.1, 0.15) is 0 Å². The average molecular weight is 284 g/mol. The lowest BCUT2D eigenvalue weighted by atomic mass is 9.83. The highest BCUT2D eigenvalue weighted by atomic mass is 16.5. The van der Waals surface area contributed by atoms with Crippen molar-refractivity contribution in [2.45, 2.75) is 0 Å². The third-order valence-electron chi connectivity index (χ3n) is 3.53. The summed E-state index contributed by atoms with van der Waals surface area (Å²) in [5.74, 6) is -0.860. The maximum atomic E-state index is 12.5. The van der Waals surface area contributed by atoms with Gasteiger partial charge in [0.05, 0.1) is 19.8 Å². The molecular formula is C16H12O5. The summed E-state index contributed by atoms with van der Waals surface area (Å²) in [5, 5.41) is 10.3. The van der Waals surface area contributed by atoms with Crippen LogP contribution >= 0.6 is 0 Å². The van der Waals surface area contributed by atoms with Crippen molar-refractivity contribution in [1.29, 1.82) is 0 Å². The SMILES string of the molecule is COc1cc2c(c(O)c1OC)C(=O)c1ccccc1C2=O. The van der Waals surface area contributed by atoms with Gasteiger partial charge in [-0.05, 0) is 6.07 Å². The smallest absolute Gasteiger partial charge is 0.203 e. The maximum absolute atomic E-state index is 12.5. The van der Waals surface area contributed by atoms with E-state index < -0.39 is 5.78 Å². The standard InChI is InChI=1S/C16H12O5/c1-20-11-7-10-12(15(19)16(11)21-2)14(18)9-6-4-3-5-8(9)13(10)17/h3-7,19H,1-2H3. The van der Waals surface area contributed by atoms with Crippen LogP contribution in [0, 0.1) is 0 Å². The molecule has 1 N–H and O–H groups in total. The molecule has 0 heterocycles. The highest BCUT2D eigenvalue weighted by Gasteiger charge is 2.34. The van der Waals surface area contributed by atoms with E-state index in [1.54, 1.807) is 24.3 Å². The van der Waals surface area contributed by atoms with Crippen LogP contribution in [0.3, 0.4) is 0 Å². The predicted octanol–water partition coefficient (Wildman–Crippen LogP) is 2.18. The first kappa shape index (κ1) is 13.2. The van der Waals surface area contributed by atoms with Gasteiger partial charge in [0.2, 0.25) is 5.75 Å². The van der Waals surface area contributed by atoms with Crippen molar-refractivity contribution in [2.24, 2.45) is 0 Å². The van der Waals surface area contributed by atoms with Crippen molar-refractivity contribution >= 4 is 11.6 Å². The molecular weight excluding hydrogens is 272 g/mol. The summed E-state index contributed by atoms with van der Waals surface area (Å²) < 4.78 is 10.2. The molecule has 0 radical (unpaired) electrons. The van der Waals surface area contributed by atoms with Crippen molar-refractivity contribution < 1.29 is 24.2 Å². The van der Waals surface area contributed by atoms with E-state index in [4.69, 9.17) is 9.47 Å². The minimum atomic E-state index is -0.404. The van der Waals surface area contributed by atoms with Gasteiger partial charge < -0.3 is 14.6 Å². The molecule has 2 aromatic carbocycles. The van der Waals surface area contributed by atoms with E-state index in [2.05, 4.69) is 0 Å². The van der Waals surface area contributed by atoms with Crippen LogP contribution in [0.1, 0.15) is 31.8 Å². The molecule has 0 bridgehead atoms. The van der Waals surface area contributed by atoms with Crippen molar-refractivity contribution in [3.05, 3.63) is 52.6 Å². The first-order valence-corrected chi connectivity index (χ1v) is 6.26. The maximum Gasteiger partial charge on any atom is 0.203 e. The first-order valence-electron chi connectivity index (χ1n) is 6.26. The summed E-state index contributed by atoms with van der Waals surface area (Å²) in [4.78, 5) is 25.0. The van der Waals surface area contributed by atoms with Crippen LogP contribution in [0.5, 0.6) is 17.2 Å². The molecule has 2 aromatic rings. The second kappa shape index (κ2) is 4.63. The van der Waals surface area contributed by atoms with Gasteiger partial charge in [-0.25, -0.2) is 0 Å². The number of aromatic hydroxyl groups is 1. The number of methoxy groups -OCH3 is 2. The number of fused-ring (bicyclic) bond motifs is 2. The van der Waals surface area contributed by atoms with Gasteiger partial charge >= 0.3 is 0 Å². The third kappa shape index (κ3) is 1.71. The molecule has 0 fully saturated rings. The number of benzene rings is 2. The van der Waals surface area contributed by atoms with E-state index in [0.29, 0.717) is 5.56 Å². The van der Waals surface area contributed by atoms with E-state index >= 15 is 0 Å². The second-order valence-corrected chi connectivity index (χ2v) is 4.59. The van der Waals surface area contributed by atoms with E-state index in [9.17, 15) is 14.7 Å². The molecule has 0 saturated heterocycles. The molecule has 1 aliphatic rings. The van der Waals surface area contributed by atoms with Gasteiger partial charge in [0.15, 0.2) is 23.1 Å². The average Bonchev–Trinajstić information content (AvgIpc) is 2.51. The quantitative estimate of drug-likeness (QED) is 0.781. The van der Waals surface area contributed by atoms with Gasteiger partial charge in [-0.15, -0.1) is 0 Å². The number of phenolic OH excluding ortho intramolecular Hbond substituents is 1. The number of rotatable bonds is 2. The third-order valence-corrected chi connectivity index (χ3v) is 3.53. The molecule has 3 rings (SSSR count). The lowest BCUT2D eigenvalue weighted by Gasteiger charge is -2.20. The molecule has 0 unspecified atom stereocenters. The molecule has 0 spiro atoms. The predicted molar refractivity (Wildman–Crippen MR) is 74.5 cm³/mol. The normalized spacial score (nSPS) is 12.7. The minimum Gasteiger partial charge on any atom is -0.504 e. The Bertz CT molecular complexity index is 776. The van der Waals surface area contributed by atoms with Crippen LogP contribution in [-0.4, -0.2) is 30.9 Å². The van der Waals surface area contributed by atoms with Gasteiger partial charge in [0, 0.05) is 16.7 Å². The fourth-order valence-electron chi connectivity index (χ4n) is 2.54. The molecule has 5 heteroatoms. The number of phenols is 1. The summed E-state index contributed by atoms with van der Waals surface area (Å²) in [7, 11) is 2.75. The summed E-state index contributed by atoms with van der Waals surface area (Å²) in [6, 6.07) is 7.94. The first-order chi connectivity index (χ1) is 10.1. The summed E-state index contributed by atoms with van der Waals surface area (Å²) in [6.45, 7) is 0. The Balaban J connectivity index is 2.35. The summed E-state index contributed by atoms with van der Waals surface area (Å²) in [5.41, 5.74) is 0.671. The molecule has 106 valence electrons. The molecule has 1 aliphatic carbocycles. The van der Waals surface area contributed by atoms with Gasteiger partial charge in [-0.1, -0.05) is 24.3 Å². The Hall–Kier alpha value is -2.82.